The lowest BCUT2D eigenvalue weighted by atomic mass is 9.87. The first kappa shape index (κ1) is 14.2. The molecule has 0 saturated heterocycles. The largest absolute Gasteiger partial charge is 0.392 e. The van der Waals surface area contributed by atoms with Gasteiger partial charge >= 0.3 is 0 Å². The lowest BCUT2D eigenvalue weighted by Crippen LogP contribution is -2.28. The monoisotopic (exact) mass is 240 g/mol. The SMILES string of the molecule is CC(C)(C)Cc1noc(CC(O)C(C)(C)C)n1. The molecule has 0 amide bonds. The van der Waals surface area contributed by atoms with Gasteiger partial charge < -0.3 is 9.63 Å². The van der Waals surface area contributed by atoms with Crippen LogP contribution in [0.2, 0.25) is 0 Å². The first-order chi connectivity index (χ1) is 7.58. The smallest absolute Gasteiger partial charge is 0.229 e. The second-order valence-electron chi connectivity index (χ2n) is 6.93. The van der Waals surface area contributed by atoms with E-state index in [2.05, 4.69) is 30.9 Å². The van der Waals surface area contributed by atoms with E-state index in [4.69, 9.17) is 4.52 Å². The number of aromatic nitrogens is 2. The van der Waals surface area contributed by atoms with Gasteiger partial charge in [0.05, 0.1) is 12.5 Å². The molecule has 4 heteroatoms. The predicted molar refractivity (Wildman–Crippen MR) is 66.6 cm³/mol. The van der Waals surface area contributed by atoms with Gasteiger partial charge in [-0.25, -0.2) is 0 Å². The first-order valence-corrected chi connectivity index (χ1v) is 6.07. The molecule has 0 spiro atoms. The zero-order valence-electron chi connectivity index (χ0n) is 11.7. The number of rotatable bonds is 3. The minimum absolute atomic E-state index is 0.143. The van der Waals surface area contributed by atoms with Crippen LogP contribution in [0.1, 0.15) is 53.3 Å². The van der Waals surface area contributed by atoms with E-state index in [1.165, 1.54) is 0 Å². The summed E-state index contributed by atoms with van der Waals surface area (Å²) in [7, 11) is 0. The maximum absolute atomic E-state index is 9.95. The molecule has 4 nitrogen and oxygen atoms in total. The molecule has 0 aliphatic rings. The Morgan fingerprint density at radius 1 is 1.18 bits per heavy atom. The van der Waals surface area contributed by atoms with Crippen molar-refractivity contribution in [3.63, 3.8) is 0 Å². The second-order valence-corrected chi connectivity index (χ2v) is 6.93. The number of aliphatic hydroxyl groups is 1. The molecule has 1 N–H and O–H groups in total. The first-order valence-electron chi connectivity index (χ1n) is 6.07. The highest BCUT2D eigenvalue weighted by Gasteiger charge is 2.25. The van der Waals surface area contributed by atoms with Crippen LogP contribution < -0.4 is 0 Å². The van der Waals surface area contributed by atoms with Gasteiger partial charge in [0.15, 0.2) is 5.82 Å². The summed E-state index contributed by atoms with van der Waals surface area (Å²) >= 11 is 0. The van der Waals surface area contributed by atoms with Crippen LogP contribution in [0, 0.1) is 10.8 Å². The topological polar surface area (TPSA) is 59.2 Å². The maximum Gasteiger partial charge on any atom is 0.229 e. The molecule has 1 atom stereocenters. The molecule has 1 heterocycles. The number of hydrogen-bond acceptors (Lipinski definition) is 4. The molecule has 0 bridgehead atoms. The van der Waals surface area contributed by atoms with Crippen LogP contribution in [-0.4, -0.2) is 21.4 Å². The fraction of sp³-hybridized carbons (Fsp3) is 0.846. The fourth-order valence-corrected chi connectivity index (χ4v) is 1.39. The molecule has 0 aliphatic carbocycles. The van der Waals surface area contributed by atoms with Crippen LogP contribution in [0.15, 0.2) is 4.52 Å². The van der Waals surface area contributed by atoms with Crippen molar-refractivity contribution < 1.29 is 9.63 Å². The third-order valence-electron chi connectivity index (χ3n) is 2.57. The molecule has 17 heavy (non-hydrogen) atoms. The highest BCUT2D eigenvalue weighted by Crippen LogP contribution is 2.23. The van der Waals surface area contributed by atoms with Crippen molar-refractivity contribution in [2.45, 2.75) is 60.5 Å². The maximum atomic E-state index is 9.95. The highest BCUT2D eigenvalue weighted by atomic mass is 16.5. The van der Waals surface area contributed by atoms with Gasteiger partial charge in [-0.3, -0.25) is 0 Å². The third-order valence-corrected chi connectivity index (χ3v) is 2.57. The third kappa shape index (κ3) is 4.86. The Kier molecular flexibility index (Phi) is 3.97. The van der Waals surface area contributed by atoms with Crippen molar-refractivity contribution >= 4 is 0 Å². The Morgan fingerprint density at radius 2 is 1.76 bits per heavy atom. The Balaban J connectivity index is 2.63. The van der Waals surface area contributed by atoms with E-state index in [0.717, 1.165) is 6.42 Å². The predicted octanol–water partition coefficient (Wildman–Crippen LogP) is 2.61. The van der Waals surface area contributed by atoms with Crippen LogP contribution in [0.3, 0.4) is 0 Å². The van der Waals surface area contributed by atoms with E-state index in [1.807, 2.05) is 20.8 Å². The molecule has 0 aliphatic heterocycles. The zero-order chi connectivity index (χ0) is 13.3. The summed E-state index contributed by atoms with van der Waals surface area (Å²) < 4.78 is 5.16. The van der Waals surface area contributed by atoms with E-state index in [1.54, 1.807) is 0 Å². The summed E-state index contributed by atoms with van der Waals surface area (Å²) in [6.45, 7) is 12.4. The lowest BCUT2D eigenvalue weighted by molar-refractivity contribution is 0.0565. The Hall–Kier alpha value is -0.900. The minimum Gasteiger partial charge on any atom is -0.392 e. The Bertz CT molecular complexity index is 358. The summed E-state index contributed by atoms with van der Waals surface area (Å²) in [5, 5.41) is 13.9. The standard InChI is InChI=1S/C13H24N2O2/c1-12(2,3)8-10-14-11(17-15-10)7-9(16)13(4,5)6/h9,16H,7-8H2,1-6H3. The summed E-state index contributed by atoms with van der Waals surface area (Å²) in [5.74, 6) is 1.24. The van der Waals surface area contributed by atoms with E-state index in [0.29, 0.717) is 18.1 Å². The lowest BCUT2D eigenvalue weighted by Gasteiger charge is -2.24. The molecular formula is C13H24N2O2. The molecule has 0 saturated carbocycles. The van der Waals surface area contributed by atoms with Gasteiger partial charge in [-0.15, -0.1) is 0 Å². The van der Waals surface area contributed by atoms with Crippen LogP contribution in [0.25, 0.3) is 0 Å². The molecule has 0 fully saturated rings. The Labute approximate surface area is 103 Å². The normalized spacial score (nSPS) is 15.0. The van der Waals surface area contributed by atoms with Crippen molar-refractivity contribution in [1.29, 1.82) is 0 Å². The minimum atomic E-state index is -0.467. The summed E-state index contributed by atoms with van der Waals surface area (Å²) in [4.78, 5) is 4.31. The van der Waals surface area contributed by atoms with Gasteiger partial charge in [0, 0.05) is 6.42 Å². The van der Waals surface area contributed by atoms with Crippen molar-refractivity contribution in [2.24, 2.45) is 10.8 Å². The van der Waals surface area contributed by atoms with Gasteiger partial charge in [0.2, 0.25) is 5.89 Å². The molecule has 1 unspecified atom stereocenters. The van der Waals surface area contributed by atoms with Crippen molar-refractivity contribution in [3.05, 3.63) is 11.7 Å². The summed E-state index contributed by atoms with van der Waals surface area (Å²) in [5.41, 5.74) is -0.0254. The molecular weight excluding hydrogens is 216 g/mol. The summed E-state index contributed by atoms with van der Waals surface area (Å²) in [6, 6.07) is 0. The van der Waals surface area contributed by atoms with Crippen LogP contribution in [0.4, 0.5) is 0 Å². The van der Waals surface area contributed by atoms with E-state index >= 15 is 0 Å². The molecule has 0 radical (unpaired) electrons. The molecule has 0 aromatic carbocycles. The van der Waals surface area contributed by atoms with Crippen molar-refractivity contribution in [1.82, 2.24) is 10.1 Å². The van der Waals surface area contributed by atoms with Crippen LogP contribution >= 0.6 is 0 Å². The van der Waals surface area contributed by atoms with Gasteiger partial charge in [-0.05, 0) is 10.8 Å². The van der Waals surface area contributed by atoms with Gasteiger partial charge in [-0.1, -0.05) is 46.7 Å². The van der Waals surface area contributed by atoms with Gasteiger partial charge in [0.25, 0.3) is 0 Å². The second kappa shape index (κ2) is 4.77. The number of aliphatic hydroxyl groups excluding tert-OH is 1. The Morgan fingerprint density at radius 3 is 2.24 bits per heavy atom. The zero-order valence-corrected chi connectivity index (χ0v) is 11.7. The fourth-order valence-electron chi connectivity index (χ4n) is 1.39. The van der Waals surface area contributed by atoms with Crippen molar-refractivity contribution in [2.75, 3.05) is 0 Å². The molecule has 98 valence electrons. The van der Waals surface area contributed by atoms with Gasteiger partial charge in [-0.2, -0.15) is 4.98 Å². The molecule has 1 rings (SSSR count). The number of nitrogens with zero attached hydrogens (tertiary/aromatic N) is 2. The van der Waals surface area contributed by atoms with Gasteiger partial charge in [0.1, 0.15) is 0 Å². The molecule has 1 aromatic heterocycles. The quantitative estimate of drug-likeness (QED) is 0.882. The number of hydrogen-bond donors (Lipinski definition) is 1. The highest BCUT2D eigenvalue weighted by molar-refractivity contribution is 4.92. The molecule has 1 aromatic rings. The average Bonchev–Trinajstić information content (AvgIpc) is 2.47. The van der Waals surface area contributed by atoms with Crippen LogP contribution in [0.5, 0.6) is 0 Å². The van der Waals surface area contributed by atoms with Crippen LogP contribution in [-0.2, 0) is 12.8 Å². The van der Waals surface area contributed by atoms with E-state index < -0.39 is 6.10 Å². The van der Waals surface area contributed by atoms with Crippen molar-refractivity contribution in [3.8, 4) is 0 Å². The summed E-state index contributed by atoms with van der Waals surface area (Å²) in [6.07, 6.45) is 0.730. The average molecular weight is 240 g/mol. The van der Waals surface area contributed by atoms with E-state index in [9.17, 15) is 5.11 Å². The van der Waals surface area contributed by atoms with E-state index in [-0.39, 0.29) is 10.8 Å².